The molecule has 1 nitrogen and oxygen atoms in total. The maximum Gasteiger partial charge on any atom is 0.144 e. The van der Waals surface area contributed by atoms with Gasteiger partial charge in [-0.1, -0.05) is 30.7 Å². The van der Waals surface area contributed by atoms with Crippen molar-refractivity contribution in [2.45, 2.75) is 30.6 Å². The fraction of sp³-hybridized carbons (Fsp3) is 0.417. The van der Waals surface area contributed by atoms with Crippen molar-refractivity contribution in [3.63, 3.8) is 0 Å². The first-order chi connectivity index (χ1) is 7.11. The summed E-state index contributed by atoms with van der Waals surface area (Å²) in [7, 11) is 0. The van der Waals surface area contributed by atoms with E-state index in [-0.39, 0.29) is 11.2 Å². The van der Waals surface area contributed by atoms with Gasteiger partial charge in [-0.25, -0.2) is 0 Å². The largest absolute Gasteiger partial charge is 0.299 e. The fourth-order valence-electron chi connectivity index (χ4n) is 2.03. The maximum atomic E-state index is 11.9. The Labute approximate surface area is 99.4 Å². The Morgan fingerprint density at radius 1 is 1.47 bits per heavy atom. The van der Waals surface area contributed by atoms with Crippen LogP contribution in [-0.4, -0.2) is 11.2 Å². The summed E-state index contributed by atoms with van der Waals surface area (Å²) < 4.78 is 0. The summed E-state index contributed by atoms with van der Waals surface area (Å²) in [5.74, 6) is 0.227. The molecule has 0 amide bonds. The Bertz CT molecular complexity index is 385. The first kappa shape index (κ1) is 11.0. The first-order valence-electron chi connectivity index (χ1n) is 5.04. The molecule has 1 fully saturated rings. The topological polar surface area (TPSA) is 17.1 Å². The van der Waals surface area contributed by atoms with Crippen LogP contribution < -0.4 is 0 Å². The van der Waals surface area contributed by atoms with Crippen molar-refractivity contribution in [3.8, 4) is 0 Å². The van der Waals surface area contributed by atoms with E-state index in [4.69, 9.17) is 23.2 Å². The van der Waals surface area contributed by atoms with Crippen molar-refractivity contribution in [1.29, 1.82) is 0 Å². The molecule has 2 atom stereocenters. The normalized spacial score (nSPS) is 28.9. The van der Waals surface area contributed by atoms with Crippen molar-refractivity contribution < 1.29 is 4.79 Å². The summed E-state index contributed by atoms with van der Waals surface area (Å²) in [6.45, 7) is 1.88. The van der Waals surface area contributed by atoms with E-state index < -0.39 is 5.41 Å². The van der Waals surface area contributed by atoms with Gasteiger partial charge >= 0.3 is 0 Å². The Hall–Kier alpha value is -0.530. The van der Waals surface area contributed by atoms with Crippen LogP contribution in [0.1, 0.15) is 25.3 Å². The third kappa shape index (κ3) is 1.68. The molecular formula is C12H12Cl2O. The Balaban J connectivity index is 2.36. The number of rotatable bonds is 3. The number of Topliss-reactive ketones (excluding diaryl/α,β-unsaturated/α-hetero) is 1. The van der Waals surface area contributed by atoms with Gasteiger partial charge in [-0.15, -0.1) is 11.6 Å². The summed E-state index contributed by atoms with van der Waals surface area (Å²) in [5.41, 5.74) is 0.569. The summed E-state index contributed by atoms with van der Waals surface area (Å²) >= 11 is 11.9. The van der Waals surface area contributed by atoms with Crippen LogP contribution in [0.3, 0.4) is 0 Å². The molecule has 1 saturated carbocycles. The lowest BCUT2D eigenvalue weighted by atomic mass is 9.90. The average Bonchev–Trinajstić information content (AvgIpc) is 2.91. The van der Waals surface area contributed by atoms with Crippen molar-refractivity contribution in [1.82, 2.24) is 0 Å². The lowest BCUT2D eigenvalue weighted by molar-refractivity contribution is -0.121. The van der Waals surface area contributed by atoms with Gasteiger partial charge in [0.15, 0.2) is 0 Å². The van der Waals surface area contributed by atoms with Gasteiger partial charge in [0.05, 0.1) is 10.8 Å². The molecule has 0 aromatic heterocycles. The second-order valence-electron chi connectivity index (χ2n) is 3.93. The zero-order valence-corrected chi connectivity index (χ0v) is 9.98. The molecule has 0 bridgehead atoms. The lowest BCUT2D eigenvalue weighted by Crippen LogP contribution is -2.22. The van der Waals surface area contributed by atoms with E-state index in [1.54, 1.807) is 0 Å². The molecular weight excluding hydrogens is 231 g/mol. The summed E-state index contributed by atoms with van der Waals surface area (Å²) in [4.78, 5) is 11.9. The predicted octanol–water partition coefficient (Wildman–Crippen LogP) is 3.57. The molecule has 0 radical (unpaired) electrons. The van der Waals surface area contributed by atoms with E-state index in [0.29, 0.717) is 11.4 Å². The molecule has 0 heterocycles. The number of benzene rings is 1. The van der Waals surface area contributed by atoms with E-state index in [1.165, 1.54) is 0 Å². The SMILES string of the molecule is CCC(=O)C1(c2ccc(Cl)cc2)CC1Cl. The number of ketones is 1. The van der Waals surface area contributed by atoms with Gasteiger partial charge in [0.1, 0.15) is 5.78 Å². The highest BCUT2D eigenvalue weighted by Gasteiger charge is 2.59. The molecule has 0 saturated heterocycles. The van der Waals surface area contributed by atoms with Gasteiger partial charge < -0.3 is 0 Å². The van der Waals surface area contributed by atoms with Gasteiger partial charge in [-0.3, -0.25) is 4.79 Å². The highest BCUT2D eigenvalue weighted by Crippen LogP contribution is 2.53. The average molecular weight is 243 g/mol. The van der Waals surface area contributed by atoms with Gasteiger partial charge in [0.25, 0.3) is 0 Å². The van der Waals surface area contributed by atoms with Gasteiger partial charge in [-0.2, -0.15) is 0 Å². The summed E-state index contributed by atoms with van der Waals surface area (Å²) in [6.07, 6.45) is 1.29. The Morgan fingerprint density at radius 3 is 2.40 bits per heavy atom. The molecule has 15 heavy (non-hydrogen) atoms. The second kappa shape index (κ2) is 3.80. The van der Waals surface area contributed by atoms with Gasteiger partial charge in [-0.05, 0) is 24.1 Å². The van der Waals surface area contributed by atoms with Crippen molar-refractivity contribution in [3.05, 3.63) is 34.9 Å². The molecule has 0 aliphatic heterocycles. The van der Waals surface area contributed by atoms with E-state index in [0.717, 1.165) is 12.0 Å². The number of carbonyl (C=O) groups is 1. The quantitative estimate of drug-likeness (QED) is 0.741. The minimum atomic E-state index is -0.430. The van der Waals surface area contributed by atoms with E-state index >= 15 is 0 Å². The Kier molecular flexibility index (Phi) is 2.78. The standard InChI is InChI=1S/C12H12Cl2O/c1-2-11(15)12(7-10(12)14)8-3-5-9(13)6-4-8/h3-6,10H,2,7H2,1H3. The number of alkyl halides is 1. The van der Waals surface area contributed by atoms with Crippen molar-refractivity contribution in [2.24, 2.45) is 0 Å². The van der Waals surface area contributed by atoms with Crippen LogP contribution in [0, 0.1) is 0 Å². The van der Waals surface area contributed by atoms with E-state index in [9.17, 15) is 4.79 Å². The van der Waals surface area contributed by atoms with Crippen LogP contribution >= 0.6 is 23.2 Å². The molecule has 2 rings (SSSR count). The molecule has 2 unspecified atom stereocenters. The third-order valence-corrected chi connectivity index (χ3v) is 3.83. The fourth-order valence-corrected chi connectivity index (χ4v) is 2.65. The van der Waals surface area contributed by atoms with Crippen molar-refractivity contribution >= 4 is 29.0 Å². The number of hydrogen-bond donors (Lipinski definition) is 0. The van der Waals surface area contributed by atoms with Gasteiger partial charge in [0.2, 0.25) is 0 Å². The molecule has 3 heteroatoms. The Morgan fingerprint density at radius 2 is 2.00 bits per heavy atom. The highest BCUT2D eigenvalue weighted by molar-refractivity contribution is 6.30. The van der Waals surface area contributed by atoms with Gasteiger partial charge in [0, 0.05) is 11.4 Å². The van der Waals surface area contributed by atoms with Crippen LogP contribution in [0.4, 0.5) is 0 Å². The molecule has 80 valence electrons. The molecule has 1 aliphatic carbocycles. The van der Waals surface area contributed by atoms with E-state index in [2.05, 4.69) is 0 Å². The van der Waals surface area contributed by atoms with Crippen LogP contribution in [0.15, 0.2) is 24.3 Å². The van der Waals surface area contributed by atoms with Crippen LogP contribution in [-0.2, 0) is 10.2 Å². The monoisotopic (exact) mass is 242 g/mol. The van der Waals surface area contributed by atoms with Crippen LogP contribution in [0.5, 0.6) is 0 Å². The minimum Gasteiger partial charge on any atom is -0.299 e. The highest BCUT2D eigenvalue weighted by atomic mass is 35.5. The number of halogens is 2. The maximum absolute atomic E-state index is 11.9. The zero-order chi connectivity index (χ0) is 11.1. The smallest absolute Gasteiger partial charge is 0.144 e. The molecule has 0 spiro atoms. The zero-order valence-electron chi connectivity index (χ0n) is 8.47. The first-order valence-corrected chi connectivity index (χ1v) is 5.86. The minimum absolute atomic E-state index is 0.0499. The van der Waals surface area contributed by atoms with Crippen molar-refractivity contribution in [2.75, 3.05) is 0 Å². The second-order valence-corrected chi connectivity index (χ2v) is 4.89. The number of hydrogen-bond acceptors (Lipinski definition) is 1. The predicted molar refractivity (Wildman–Crippen MR) is 62.7 cm³/mol. The molecule has 1 aromatic carbocycles. The summed E-state index contributed by atoms with van der Waals surface area (Å²) in [6, 6.07) is 7.42. The van der Waals surface area contributed by atoms with Crippen LogP contribution in [0.25, 0.3) is 0 Å². The number of carbonyl (C=O) groups excluding carboxylic acids is 1. The lowest BCUT2D eigenvalue weighted by Gasteiger charge is -2.14. The van der Waals surface area contributed by atoms with E-state index in [1.807, 2.05) is 31.2 Å². The molecule has 1 aliphatic rings. The molecule has 1 aromatic rings. The molecule has 0 N–H and O–H groups in total. The van der Waals surface area contributed by atoms with Crippen LogP contribution in [0.2, 0.25) is 5.02 Å². The summed E-state index contributed by atoms with van der Waals surface area (Å²) in [5, 5.41) is 0.635. The third-order valence-electron chi connectivity index (χ3n) is 3.05.